The molecule has 0 aromatic carbocycles. The first-order chi connectivity index (χ1) is 4.29. The van der Waals surface area contributed by atoms with Crippen molar-refractivity contribution in [3.63, 3.8) is 0 Å². The van der Waals surface area contributed by atoms with Crippen LogP contribution in [0.25, 0.3) is 0 Å². The van der Waals surface area contributed by atoms with Crippen LogP contribution in [0.4, 0.5) is 0 Å². The van der Waals surface area contributed by atoms with Crippen LogP contribution in [-0.2, 0) is 0 Å². The highest BCUT2D eigenvalue weighted by atomic mass is 15.5. The van der Waals surface area contributed by atoms with Gasteiger partial charge in [0.05, 0.1) is 11.4 Å². The second kappa shape index (κ2) is 2.44. The summed E-state index contributed by atoms with van der Waals surface area (Å²) in [6.07, 6.45) is 3.83. The van der Waals surface area contributed by atoms with Crippen LogP contribution in [0.5, 0.6) is 0 Å². The maximum Gasteiger partial charge on any atom is 0.0593 e. The van der Waals surface area contributed by atoms with Gasteiger partial charge in [-0.15, -0.1) is 0 Å². The molecule has 9 heavy (non-hydrogen) atoms. The molecule has 0 saturated carbocycles. The molecule has 0 aliphatic carbocycles. The third-order valence-corrected chi connectivity index (χ3v) is 1.02. The summed E-state index contributed by atoms with van der Waals surface area (Å²) in [5.74, 6) is 0. The fourth-order valence-electron chi connectivity index (χ4n) is 0.498. The van der Waals surface area contributed by atoms with E-state index in [2.05, 4.69) is 15.7 Å². The Kier molecular flexibility index (Phi) is 1.63. The van der Waals surface area contributed by atoms with Crippen LogP contribution in [0.3, 0.4) is 0 Å². The van der Waals surface area contributed by atoms with E-state index < -0.39 is 0 Å². The van der Waals surface area contributed by atoms with Gasteiger partial charge >= 0.3 is 0 Å². The Bertz CT molecular complexity index is 168. The topological polar surface area (TPSA) is 36.8 Å². The fraction of sp³-hybridized carbons (Fsp3) is 0.333. The highest BCUT2D eigenvalue weighted by molar-refractivity contribution is 6.02. The summed E-state index contributed by atoms with van der Waals surface area (Å²) < 4.78 is 0. The number of nitrogens with one attached hydrogen (secondary N) is 1. The van der Waals surface area contributed by atoms with Crippen molar-refractivity contribution in [1.29, 1.82) is 0 Å². The molecular weight excluding hydrogens is 114 g/mol. The molecule has 3 heteroatoms. The van der Waals surface area contributed by atoms with E-state index >= 15 is 0 Å². The van der Waals surface area contributed by atoms with Gasteiger partial charge in [0.15, 0.2) is 0 Å². The number of hydrazone groups is 2. The standard InChI is InChI=1S/C6H9N3/c1-5-3-4-6(2)8-9-7-5/h3-4,9H,1-2H3. The zero-order valence-electron chi connectivity index (χ0n) is 5.55. The predicted molar refractivity (Wildman–Crippen MR) is 38.5 cm³/mol. The monoisotopic (exact) mass is 123 g/mol. The van der Waals surface area contributed by atoms with E-state index in [4.69, 9.17) is 0 Å². The molecule has 0 bridgehead atoms. The van der Waals surface area contributed by atoms with Gasteiger partial charge in [-0.3, -0.25) is 0 Å². The minimum absolute atomic E-state index is 0.940. The molecule has 0 saturated heterocycles. The summed E-state index contributed by atoms with van der Waals surface area (Å²) in [6, 6.07) is 0. The van der Waals surface area contributed by atoms with Crippen LogP contribution < -0.4 is 5.53 Å². The first kappa shape index (κ1) is 6.01. The van der Waals surface area contributed by atoms with E-state index in [9.17, 15) is 0 Å². The predicted octanol–water partition coefficient (Wildman–Crippen LogP) is 0.898. The molecule has 0 unspecified atom stereocenters. The van der Waals surface area contributed by atoms with Gasteiger partial charge in [-0.25, -0.2) is 0 Å². The Morgan fingerprint density at radius 3 is 2.00 bits per heavy atom. The molecule has 0 radical (unpaired) electrons. The third kappa shape index (κ3) is 1.68. The van der Waals surface area contributed by atoms with Gasteiger partial charge in [0.1, 0.15) is 0 Å². The van der Waals surface area contributed by atoms with E-state index in [0.717, 1.165) is 11.4 Å². The molecule has 3 nitrogen and oxygen atoms in total. The van der Waals surface area contributed by atoms with Gasteiger partial charge in [0.25, 0.3) is 0 Å². The normalized spacial score (nSPS) is 17.6. The van der Waals surface area contributed by atoms with E-state index in [0.29, 0.717) is 0 Å². The molecule has 0 aromatic heterocycles. The largest absolute Gasteiger partial charge is 0.198 e. The molecule has 0 aromatic rings. The molecule has 0 amide bonds. The maximum atomic E-state index is 3.87. The highest BCUT2D eigenvalue weighted by Crippen LogP contribution is 1.87. The van der Waals surface area contributed by atoms with Gasteiger partial charge in [0, 0.05) is 0 Å². The number of rotatable bonds is 0. The van der Waals surface area contributed by atoms with Crippen molar-refractivity contribution in [3.05, 3.63) is 12.2 Å². The van der Waals surface area contributed by atoms with E-state index in [1.807, 2.05) is 26.0 Å². The number of hydrogen-bond acceptors (Lipinski definition) is 3. The number of hydrogen-bond donors (Lipinski definition) is 1. The maximum absolute atomic E-state index is 3.87. The lowest BCUT2D eigenvalue weighted by Gasteiger charge is -1.87. The van der Waals surface area contributed by atoms with E-state index in [1.165, 1.54) is 0 Å². The van der Waals surface area contributed by atoms with Crippen molar-refractivity contribution in [3.8, 4) is 0 Å². The van der Waals surface area contributed by atoms with Crippen molar-refractivity contribution < 1.29 is 0 Å². The quantitative estimate of drug-likeness (QED) is 0.510. The van der Waals surface area contributed by atoms with Gasteiger partial charge in [-0.05, 0) is 26.0 Å². The zero-order valence-corrected chi connectivity index (χ0v) is 5.55. The summed E-state index contributed by atoms with van der Waals surface area (Å²) in [5, 5.41) is 7.73. The Hall–Kier alpha value is -1.12. The molecule has 0 fully saturated rings. The summed E-state index contributed by atoms with van der Waals surface area (Å²) >= 11 is 0. The number of allylic oxidation sites excluding steroid dienone is 2. The van der Waals surface area contributed by atoms with Crippen LogP contribution in [-0.4, -0.2) is 11.4 Å². The van der Waals surface area contributed by atoms with Crippen LogP contribution in [0.1, 0.15) is 13.8 Å². The molecular formula is C6H9N3. The number of nitrogens with zero attached hydrogens (tertiary/aromatic N) is 2. The molecule has 48 valence electrons. The van der Waals surface area contributed by atoms with E-state index in [1.54, 1.807) is 0 Å². The first-order valence-corrected chi connectivity index (χ1v) is 2.81. The molecule has 1 aliphatic heterocycles. The minimum Gasteiger partial charge on any atom is -0.198 e. The summed E-state index contributed by atoms with van der Waals surface area (Å²) in [5.41, 5.74) is 4.44. The molecule has 0 atom stereocenters. The third-order valence-electron chi connectivity index (χ3n) is 1.02. The second-order valence-electron chi connectivity index (χ2n) is 1.94. The van der Waals surface area contributed by atoms with Gasteiger partial charge in [-0.1, -0.05) is 0 Å². The lowest BCUT2D eigenvalue weighted by atomic mass is 10.3. The van der Waals surface area contributed by atoms with Crippen molar-refractivity contribution in [2.24, 2.45) is 10.2 Å². The summed E-state index contributed by atoms with van der Waals surface area (Å²) in [4.78, 5) is 0. The smallest absolute Gasteiger partial charge is 0.0593 e. The van der Waals surface area contributed by atoms with Crippen LogP contribution in [0.2, 0.25) is 0 Å². The minimum atomic E-state index is 0.940. The molecule has 0 spiro atoms. The Morgan fingerprint density at radius 2 is 1.56 bits per heavy atom. The molecule has 1 rings (SSSR count). The van der Waals surface area contributed by atoms with Crippen LogP contribution in [0.15, 0.2) is 22.4 Å². The molecule has 1 heterocycles. The van der Waals surface area contributed by atoms with Gasteiger partial charge in [0.2, 0.25) is 0 Å². The lowest BCUT2D eigenvalue weighted by molar-refractivity contribution is 0.811. The SMILES string of the molecule is CC1=NNN=C(C)C=C1. The Morgan fingerprint density at radius 1 is 1.11 bits per heavy atom. The average molecular weight is 123 g/mol. The zero-order chi connectivity index (χ0) is 6.69. The van der Waals surface area contributed by atoms with Crippen LogP contribution in [0, 0.1) is 0 Å². The van der Waals surface area contributed by atoms with Crippen molar-refractivity contribution in [1.82, 2.24) is 5.53 Å². The lowest BCUT2D eigenvalue weighted by Crippen LogP contribution is -1.97. The van der Waals surface area contributed by atoms with Crippen LogP contribution >= 0.6 is 0 Å². The van der Waals surface area contributed by atoms with Gasteiger partial charge < -0.3 is 0 Å². The Labute approximate surface area is 54.1 Å². The summed E-state index contributed by atoms with van der Waals surface area (Å²) in [6.45, 7) is 3.83. The summed E-state index contributed by atoms with van der Waals surface area (Å²) in [7, 11) is 0. The second-order valence-corrected chi connectivity index (χ2v) is 1.94. The average Bonchev–Trinajstić information content (AvgIpc) is 1.97. The fourth-order valence-corrected chi connectivity index (χ4v) is 0.498. The first-order valence-electron chi connectivity index (χ1n) is 2.81. The Balaban J connectivity index is 2.75. The van der Waals surface area contributed by atoms with Crippen molar-refractivity contribution in [2.75, 3.05) is 0 Å². The van der Waals surface area contributed by atoms with E-state index in [-0.39, 0.29) is 0 Å². The van der Waals surface area contributed by atoms with Crippen molar-refractivity contribution in [2.45, 2.75) is 13.8 Å². The molecule has 1 aliphatic rings. The molecule has 1 N–H and O–H groups in total. The van der Waals surface area contributed by atoms with Gasteiger partial charge in [-0.2, -0.15) is 15.7 Å². The van der Waals surface area contributed by atoms with Crippen molar-refractivity contribution >= 4 is 11.4 Å². The highest BCUT2D eigenvalue weighted by Gasteiger charge is 1.88.